The van der Waals surface area contributed by atoms with E-state index in [1.54, 1.807) is 7.11 Å². The standard InChI is InChI=1S/C22H33N7O.HI/c1-16(28-11-10-17-6-4-5-7-18(17)13-28)12-24-22(23-2)25-19-8-9-21-26-20(15-30-3)27-29(21)14-19;/h4-7,16,19H,8-15H2,1-3H3,(H2,23,24,25);1H. The number of guanidine groups is 1. The van der Waals surface area contributed by atoms with Gasteiger partial charge in [0.1, 0.15) is 12.4 Å². The van der Waals surface area contributed by atoms with Gasteiger partial charge in [0.05, 0.1) is 6.54 Å². The topological polar surface area (TPSA) is 79.6 Å². The van der Waals surface area contributed by atoms with Gasteiger partial charge in [-0.3, -0.25) is 9.89 Å². The average Bonchev–Trinajstić information content (AvgIpc) is 3.18. The second-order valence-electron chi connectivity index (χ2n) is 8.23. The fourth-order valence-corrected chi connectivity index (χ4v) is 4.32. The summed E-state index contributed by atoms with van der Waals surface area (Å²) in [7, 11) is 3.50. The van der Waals surface area contributed by atoms with E-state index in [2.05, 4.69) is 61.8 Å². The van der Waals surface area contributed by atoms with E-state index in [1.807, 2.05) is 11.7 Å². The van der Waals surface area contributed by atoms with Gasteiger partial charge in [-0.2, -0.15) is 5.10 Å². The summed E-state index contributed by atoms with van der Waals surface area (Å²) in [6.07, 6.45) is 3.06. The highest BCUT2D eigenvalue weighted by Crippen LogP contribution is 2.20. The lowest BCUT2D eigenvalue weighted by atomic mass is 9.99. The number of halogens is 1. The zero-order valence-corrected chi connectivity index (χ0v) is 21.0. The lowest BCUT2D eigenvalue weighted by Crippen LogP contribution is -2.50. The van der Waals surface area contributed by atoms with Gasteiger partial charge in [0.2, 0.25) is 0 Å². The third kappa shape index (κ3) is 5.95. The SMILES string of the molecule is CN=C(NCC(C)N1CCc2ccccc2C1)NC1CCc2nc(COC)nn2C1.I. The minimum Gasteiger partial charge on any atom is -0.377 e. The van der Waals surface area contributed by atoms with Crippen LogP contribution in [0.3, 0.4) is 0 Å². The summed E-state index contributed by atoms with van der Waals surface area (Å²) in [6.45, 7) is 6.53. The van der Waals surface area contributed by atoms with E-state index >= 15 is 0 Å². The molecule has 2 N–H and O–H groups in total. The van der Waals surface area contributed by atoms with Crippen molar-refractivity contribution in [1.82, 2.24) is 30.3 Å². The minimum atomic E-state index is 0. The number of aliphatic imine (C=N–C) groups is 1. The van der Waals surface area contributed by atoms with Crippen LogP contribution in [0.2, 0.25) is 0 Å². The summed E-state index contributed by atoms with van der Waals surface area (Å²) >= 11 is 0. The van der Waals surface area contributed by atoms with E-state index in [0.717, 1.165) is 63.0 Å². The molecule has 0 aliphatic carbocycles. The van der Waals surface area contributed by atoms with Crippen LogP contribution >= 0.6 is 24.0 Å². The molecule has 8 nitrogen and oxygen atoms in total. The Balaban J connectivity index is 0.00000272. The van der Waals surface area contributed by atoms with Crippen LogP contribution in [0.1, 0.15) is 36.1 Å². The molecule has 0 saturated carbocycles. The maximum atomic E-state index is 5.15. The summed E-state index contributed by atoms with van der Waals surface area (Å²) in [5.74, 6) is 2.65. The smallest absolute Gasteiger partial charge is 0.191 e. The Morgan fingerprint density at radius 1 is 1.29 bits per heavy atom. The third-order valence-electron chi connectivity index (χ3n) is 6.09. The number of aromatic nitrogens is 3. The number of benzene rings is 1. The maximum absolute atomic E-state index is 5.15. The third-order valence-corrected chi connectivity index (χ3v) is 6.09. The van der Waals surface area contributed by atoms with Gasteiger partial charge in [-0.15, -0.1) is 24.0 Å². The minimum absolute atomic E-state index is 0. The van der Waals surface area contributed by atoms with Crippen LogP contribution in [0.15, 0.2) is 29.3 Å². The second-order valence-corrected chi connectivity index (χ2v) is 8.23. The van der Waals surface area contributed by atoms with Gasteiger partial charge in [0.25, 0.3) is 0 Å². The monoisotopic (exact) mass is 539 g/mol. The van der Waals surface area contributed by atoms with Crippen LogP contribution in [-0.2, 0) is 37.3 Å². The molecular formula is C22H34IN7O. The van der Waals surface area contributed by atoms with Gasteiger partial charge in [-0.25, -0.2) is 9.67 Å². The predicted molar refractivity (Wildman–Crippen MR) is 133 cm³/mol. The van der Waals surface area contributed by atoms with Gasteiger partial charge in [-0.1, -0.05) is 24.3 Å². The lowest BCUT2D eigenvalue weighted by molar-refractivity contribution is 0.177. The zero-order valence-electron chi connectivity index (χ0n) is 18.7. The van der Waals surface area contributed by atoms with Gasteiger partial charge >= 0.3 is 0 Å². The Morgan fingerprint density at radius 2 is 2.10 bits per heavy atom. The molecule has 1 aromatic carbocycles. The molecule has 2 aliphatic heterocycles. The fourth-order valence-electron chi connectivity index (χ4n) is 4.32. The molecule has 0 bridgehead atoms. The number of hydrogen-bond acceptors (Lipinski definition) is 5. The molecule has 0 fully saturated rings. The van der Waals surface area contributed by atoms with Crippen molar-refractivity contribution < 1.29 is 4.74 Å². The molecule has 2 unspecified atom stereocenters. The summed E-state index contributed by atoms with van der Waals surface area (Å²) in [4.78, 5) is 11.5. The molecule has 0 spiro atoms. The van der Waals surface area contributed by atoms with Crippen molar-refractivity contribution in [1.29, 1.82) is 0 Å². The molecule has 9 heteroatoms. The average molecular weight is 539 g/mol. The highest BCUT2D eigenvalue weighted by molar-refractivity contribution is 14.0. The largest absolute Gasteiger partial charge is 0.377 e. The van der Waals surface area contributed by atoms with E-state index < -0.39 is 0 Å². The van der Waals surface area contributed by atoms with Crippen molar-refractivity contribution in [2.45, 2.75) is 58.0 Å². The molecule has 170 valence electrons. The Kier molecular flexibility index (Phi) is 8.67. The first-order valence-corrected chi connectivity index (χ1v) is 10.9. The summed E-state index contributed by atoms with van der Waals surface area (Å²) in [6, 6.07) is 9.51. The number of ether oxygens (including phenoxy) is 1. The first kappa shape index (κ1) is 23.9. The summed E-state index contributed by atoms with van der Waals surface area (Å²) in [5.41, 5.74) is 2.95. The Bertz CT molecular complexity index is 884. The number of fused-ring (bicyclic) bond motifs is 2. The first-order valence-electron chi connectivity index (χ1n) is 10.9. The van der Waals surface area contributed by atoms with Crippen LogP contribution in [0.25, 0.3) is 0 Å². The quantitative estimate of drug-likeness (QED) is 0.332. The van der Waals surface area contributed by atoms with Crippen LogP contribution < -0.4 is 10.6 Å². The van der Waals surface area contributed by atoms with Gasteiger partial charge < -0.3 is 15.4 Å². The van der Waals surface area contributed by atoms with Crippen molar-refractivity contribution in [3.8, 4) is 0 Å². The van der Waals surface area contributed by atoms with E-state index in [9.17, 15) is 0 Å². The molecule has 4 rings (SSSR count). The Labute approximate surface area is 201 Å². The molecule has 3 heterocycles. The molecule has 2 aliphatic rings. The van der Waals surface area contributed by atoms with E-state index in [0.29, 0.717) is 12.6 Å². The Hall–Kier alpha value is -1.72. The number of methoxy groups -OCH3 is 1. The van der Waals surface area contributed by atoms with Crippen molar-refractivity contribution in [2.75, 3.05) is 27.2 Å². The lowest BCUT2D eigenvalue weighted by Gasteiger charge is -2.34. The maximum Gasteiger partial charge on any atom is 0.191 e. The van der Waals surface area contributed by atoms with Gasteiger partial charge in [0.15, 0.2) is 11.8 Å². The summed E-state index contributed by atoms with van der Waals surface area (Å²) in [5, 5.41) is 11.6. The molecule has 1 aromatic heterocycles. The number of nitrogens with zero attached hydrogens (tertiary/aromatic N) is 5. The van der Waals surface area contributed by atoms with Crippen molar-refractivity contribution in [3.63, 3.8) is 0 Å². The van der Waals surface area contributed by atoms with Crippen LogP contribution in [0.5, 0.6) is 0 Å². The Morgan fingerprint density at radius 3 is 2.87 bits per heavy atom. The van der Waals surface area contributed by atoms with Gasteiger partial charge in [-0.05, 0) is 30.9 Å². The fraction of sp³-hybridized carbons (Fsp3) is 0.591. The molecule has 2 atom stereocenters. The number of hydrogen-bond donors (Lipinski definition) is 2. The molecule has 2 aromatic rings. The van der Waals surface area contributed by atoms with Gasteiger partial charge in [0, 0.05) is 52.3 Å². The second kappa shape index (κ2) is 11.2. The molecule has 31 heavy (non-hydrogen) atoms. The number of nitrogens with one attached hydrogen (secondary N) is 2. The predicted octanol–water partition coefficient (Wildman–Crippen LogP) is 1.97. The molecular weight excluding hydrogens is 505 g/mol. The van der Waals surface area contributed by atoms with Crippen molar-refractivity contribution >= 4 is 29.9 Å². The zero-order chi connectivity index (χ0) is 20.9. The van der Waals surface area contributed by atoms with Crippen LogP contribution in [0.4, 0.5) is 0 Å². The molecule has 0 amide bonds. The highest BCUT2D eigenvalue weighted by atomic mass is 127. The first-order chi connectivity index (χ1) is 14.7. The van der Waals surface area contributed by atoms with E-state index in [4.69, 9.17) is 4.74 Å². The van der Waals surface area contributed by atoms with Crippen LogP contribution in [0, 0.1) is 0 Å². The van der Waals surface area contributed by atoms with E-state index in [-0.39, 0.29) is 30.0 Å². The summed E-state index contributed by atoms with van der Waals surface area (Å²) < 4.78 is 7.15. The number of rotatable bonds is 6. The van der Waals surface area contributed by atoms with Crippen molar-refractivity contribution in [2.24, 2.45) is 4.99 Å². The normalized spacial score (nSPS) is 19.7. The number of aryl methyl sites for hydroxylation is 1. The van der Waals surface area contributed by atoms with Crippen molar-refractivity contribution in [3.05, 3.63) is 47.0 Å². The van der Waals surface area contributed by atoms with E-state index in [1.165, 1.54) is 11.1 Å². The molecule has 0 saturated heterocycles. The van der Waals surface area contributed by atoms with Crippen LogP contribution in [-0.4, -0.2) is 65.0 Å². The highest BCUT2D eigenvalue weighted by Gasteiger charge is 2.23. The molecule has 0 radical (unpaired) electrons.